The predicted octanol–water partition coefficient (Wildman–Crippen LogP) is 2.73. The van der Waals surface area contributed by atoms with E-state index in [9.17, 15) is 0 Å². The molecule has 0 spiro atoms. The maximum Gasteiger partial charge on any atom is 0.198 e. The fourth-order valence-corrected chi connectivity index (χ4v) is 3.35. The van der Waals surface area contributed by atoms with Gasteiger partial charge in [0.25, 0.3) is 0 Å². The van der Waals surface area contributed by atoms with E-state index >= 15 is 0 Å². The van der Waals surface area contributed by atoms with E-state index in [4.69, 9.17) is 4.99 Å². The minimum absolute atomic E-state index is 0. The van der Waals surface area contributed by atoms with Crippen LogP contribution in [0.25, 0.3) is 0 Å². The summed E-state index contributed by atoms with van der Waals surface area (Å²) in [5.41, 5.74) is 2.75. The maximum atomic E-state index is 4.92. The fraction of sp³-hybridized carbons (Fsp3) is 0.588. The number of fused-ring (bicyclic) bond motifs is 1. The molecule has 2 aliphatic heterocycles. The third-order valence-electron chi connectivity index (χ3n) is 4.60. The number of nitrogens with one attached hydrogen (secondary N) is 1. The highest BCUT2D eigenvalue weighted by Crippen LogP contribution is 2.27. The SMILES string of the molecule is CCNC(=NCC1CCCN1C)N1CCc2ccccc21.I. The Labute approximate surface area is 151 Å². The number of rotatable bonds is 3. The highest BCUT2D eigenvalue weighted by molar-refractivity contribution is 14.0. The van der Waals surface area contributed by atoms with Gasteiger partial charge in [0.15, 0.2) is 5.96 Å². The highest BCUT2D eigenvalue weighted by Gasteiger charge is 2.24. The van der Waals surface area contributed by atoms with Crippen molar-refractivity contribution in [3.63, 3.8) is 0 Å². The lowest BCUT2D eigenvalue weighted by molar-refractivity contribution is 0.317. The van der Waals surface area contributed by atoms with Gasteiger partial charge in [0.2, 0.25) is 0 Å². The zero-order chi connectivity index (χ0) is 14.7. The topological polar surface area (TPSA) is 30.9 Å². The van der Waals surface area contributed by atoms with Crippen molar-refractivity contribution in [3.05, 3.63) is 29.8 Å². The zero-order valence-corrected chi connectivity index (χ0v) is 15.9. The van der Waals surface area contributed by atoms with Gasteiger partial charge in [-0.05, 0) is 51.4 Å². The van der Waals surface area contributed by atoms with Crippen molar-refractivity contribution < 1.29 is 0 Å². The average Bonchev–Trinajstić information content (AvgIpc) is 3.10. The molecular formula is C17H27IN4. The quantitative estimate of drug-likeness (QED) is 0.469. The van der Waals surface area contributed by atoms with Crippen molar-refractivity contribution in [1.29, 1.82) is 0 Å². The highest BCUT2D eigenvalue weighted by atomic mass is 127. The zero-order valence-electron chi connectivity index (χ0n) is 13.6. The smallest absolute Gasteiger partial charge is 0.198 e. The van der Waals surface area contributed by atoms with Crippen LogP contribution in [0.1, 0.15) is 25.3 Å². The molecule has 1 aromatic rings. The van der Waals surface area contributed by atoms with E-state index in [-0.39, 0.29) is 24.0 Å². The van der Waals surface area contributed by atoms with E-state index in [0.717, 1.165) is 32.0 Å². The normalized spacial score (nSPS) is 21.6. The first-order valence-corrected chi connectivity index (χ1v) is 8.13. The molecule has 0 aromatic heterocycles. The van der Waals surface area contributed by atoms with E-state index in [1.165, 1.54) is 30.6 Å². The van der Waals surface area contributed by atoms with Crippen molar-refractivity contribution in [2.45, 2.75) is 32.2 Å². The molecule has 5 heteroatoms. The number of hydrogen-bond acceptors (Lipinski definition) is 2. The Balaban J connectivity index is 0.00000176. The summed E-state index contributed by atoms with van der Waals surface area (Å²) in [5.74, 6) is 1.04. The van der Waals surface area contributed by atoms with Gasteiger partial charge in [-0.15, -0.1) is 24.0 Å². The Bertz CT molecular complexity index is 517. The van der Waals surface area contributed by atoms with Crippen LogP contribution in [0, 0.1) is 0 Å². The van der Waals surface area contributed by atoms with Crippen LogP contribution in [0.4, 0.5) is 5.69 Å². The molecule has 3 rings (SSSR count). The van der Waals surface area contributed by atoms with Crippen molar-refractivity contribution in [2.75, 3.05) is 38.1 Å². The van der Waals surface area contributed by atoms with Crippen LogP contribution >= 0.6 is 24.0 Å². The first kappa shape index (κ1) is 17.5. The van der Waals surface area contributed by atoms with Gasteiger partial charge in [-0.1, -0.05) is 18.2 Å². The third kappa shape index (κ3) is 3.74. The molecule has 0 bridgehead atoms. The van der Waals surface area contributed by atoms with Crippen LogP contribution in [0.2, 0.25) is 0 Å². The summed E-state index contributed by atoms with van der Waals surface area (Å²) < 4.78 is 0. The number of guanidine groups is 1. The monoisotopic (exact) mass is 414 g/mol. The van der Waals surface area contributed by atoms with Gasteiger partial charge in [-0.2, -0.15) is 0 Å². The van der Waals surface area contributed by atoms with Crippen LogP contribution in [-0.2, 0) is 6.42 Å². The van der Waals surface area contributed by atoms with Gasteiger partial charge >= 0.3 is 0 Å². The Kier molecular flexibility index (Phi) is 6.50. The molecule has 2 heterocycles. The number of halogens is 1. The predicted molar refractivity (Wildman–Crippen MR) is 105 cm³/mol. The molecule has 22 heavy (non-hydrogen) atoms. The first-order valence-electron chi connectivity index (χ1n) is 8.13. The lowest BCUT2D eigenvalue weighted by Gasteiger charge is -2.24. The van der Waals surface area contributed by atoms with Crippen molar-refractivity contribution in [2.24, 2.45) is 4.99 Å². The molecule has 2 aliphatic rings. The summed E-state index contributed by atoms with van der Waals surface area (Å²) >= 11 is 0. The Morgan fingerprint density at radius 3 is 2.86 bits per heavy atom. The molecule has 0 radical (unpaired) electrons. The molecule has 1 fully saturated rings. The van der Waals surface area contributed by atoms with E-state index in [1.54, 1.807) is 0 Å². The summed E-state index contributed by atoms with van der Waals surface area (Å²) in [6.45, 7) is 6.20. The molecule has 0 aliphatic carbocycles. The van der Waals surface area contributed by atoms with E-state index < -0.39 is 0 Å². The van der Waals surface area contributed by atoms with Crippen molar-refractivity contribution in [1.82, 2.24) is 10.2 Å². The standard InChI is InChI=1S/C17H26N4.HI/c1-3-18-17(19-13-15-8-6-11-20(15)2)21-12-10-14-7-4-5-9-16(14)21;/h4-5,7,9,15H,3,6,8,10-13H2,1-2H3,(H,18,19);1H. The third-order valence-corrected chi connectivity index (χ3v) is 4.60. The van der Waals surface area contributed by atoms with Gasteiger partial charge in [-0.25, -0.2) is 0 Å². The lowest BCUT2D eigenvalue weighted by Crippen LogP contribution is -2.41. The summed E-state index contributed by atoms with van der Waals surface area (Å²) in [7, 11) is 2.21. The van der Waals surface area contributed by atoms with Gasteiger partial charge in [-0.3, -0.25) is 4.99 Å². The number of anilines is 1. The number of benzene rings is 1. The van der Waals surface area contributed by atoms with Crippen LogP contribution in [0.15, 0.2) is 29.3 Å². The minimum atomic E-state index is 0. The molecule has 1 unspecified atom stereocenters. The largest absolute Gasteiger partial charge is 0.356 e. The van der Waals surface area contributed by atoms with Crippen LogP contribution in [0.5, 0.6) is 0 Å². The minimum Gasteiger partial charge on any atom is -0.356 e. The van der Waals surface area contributed by atoms with E-state index in [1.807, 2.05) is 0 Å². The maximum absolute atomic E-state index is 4.92. The molecule has 1 saturated heterocycles. The second kappa shape index (κ2) is 8.15. The van der Waals surface area contributed by atoms with Crippen molar-refractivity contribution in [3.8, 4) is 0 Å². The second-order valence-corrected chi connectivity index (χ2v) is 6.00. The molecule has 122 valence electrons. The molecule has 0 saturated carbocycles. The Morgan fingerprint density at radius 1 is 1.32 bits per heavy atom. The fourth-order valence-electron chi connectivity index (χ4n) is 3.35. The summed E-state index contributed by atoms with van der Waals surface area (Å²) in [5, 5.41) is 3.46. The van der Waals surface area contributed by atoms with Crippen LogP contribution in [0.3, 0.4) is 0 Å². The molecule has 1 N–H and O–H groups in total. The molecule has 0 amide bonds. The van der Waals surface area contributed by atoms with Crippen LogP contribution < -0.4 is 10.2 Å². The average molecular weight is 414 g/mol. The van der Waals surface area contributed by atoms with Crippen LogP contribution in [-0.4, -0.2) is 50.1 Å². The second-order valence-electron chi connectivity index (χ2n) is 6.00. The Morgan fingerprint density at radius 2 is 2.14 bits per heavy atom. The Hall–Kier alpha value is -0.820. The number of likely N-dealkylation sites (tertiary alicyclic amines) is 1. The molecule has 1 atom stereocenters. The molecule has 1 aromatic carbocycles. The van der Waals surface area contributed by atoms with Gasteiger partial charge in [0, 0.05) is 24.8 Å². The summed E-state index contributed by atoms with van der Waals surface area (Å²) in [4.78, 5) is 9.69. The summed E-state index contributed by atoms with van der Waals surface area (Å²) in [6.07, 6.45) is 3.69. The number of likely N-dealkylation sites (N-methyl/N-ethyl adjacent to an activating group) is 1. The van der Waals surface area contributed by atoms with Crippen molar-refractivity contribution >= 4 is 35.6 Å². The van der Waals surface area contributed by atoms with Gasteiger partial charge < -0.3 is 15.1 Å². The van der Waals surface area contributed by atoms with Gasteiger partial charge in [0.1, 0.15) is 0 Å². The van der Waals surface area contributed by atoms with Gasteiger partial charge in [0.05, 0.1) is 6.54 Å². The van der Waals surface area contributed by atoms with E-state index in [0.29, 0.717) is 6.04 Å². The number of aliphatic imine (C=N–C) groups is 1. The molecule has 4 nitrogen and oxygen atoms in total. The molecular weight excluding hydrogens is 387 g/mol. The van der Waals surface area contributed by atoms with E-state index in [2.05, 4.69) is 53.4 Å². The summed E-state index contributed by atoms with van der Waals surface area (Å²) in [6, 6.07) is 9.28. The lowest BCUT2D eigenvalue weighted by atomic mass is 10.2. The number of nitrogens with zero attached hydrogens (tertiary/aromatic N) is 3. The number of hydrogen-bond donors (Lipinski definition) is 1. The first-order chi connectivity index (χ1) is 10.3. The number of para-hydroxylation sites is 1.